The summed E-state index contributed by atoms with van der Waals surface area (Å²) in [6, 6.07) is 5.27. The number of phenols is 1. The van der Waals surface area contributed by atoms with Gasteiger partial charge in [-0.1, -0.05) is 25.5 Å². The highest BCUT2D eigenvalue weighted by atomic mass is 19.4. The van der Waals surface area contributed by atoms with Crippen molar-refractivity contribution in [3.8, 4) is 5.75 Å². The zero-order valence-electron chi connectivity index (χ0n) is 13.6. The van der Waals surface area contributed by atoms with Gasteiger partial charge < -0.3 is 10.2 Å². The van der Waals surface area contributed by atoms with Crippen LogP contribution in [0.2, 0.25) is 0 Å². The Morgan fingerprint density at radius 3 is 2.68 bits per heavy atom. The molecule has 0 bridgehead atoms. The summed E-state index contributed by atoms with van der Waals surface area (Å²) >= 11 is 0. The molecule has 2 N–H and O–H groups in total. The van der Waals surface area contributed by atoms with Crippen molar-refractivity contribution < 1.29 is 28.2 Å². The topological polar surface area (TPSA) is 73.1 Å². The second-order valence-electron chi connectivity index (χ2n) is 6.55. The van der Waals surface area contributed by atoms with E-state index in [1.807, 2.05) is 6.92 Å². The van der Waals surface area contributed by atoms with E-state index >= 15 is 0 Å². The minimum atomic E-state index is -5.07. The lowest BCUT2D eigenvalue weighted by molar-refractivity contribution is -0.313. The van der Waals surface area contributed by atoms with Crippen LogP contribution in [0.3, 0.4) is 0 Å². The Balaban J connectivity index is 2.05. The van der Waals surface area contributed by atoms with Crippen LogP contribution in [0.25, 0.3) is 0 Å². The van der Waals surface area contributed by atoms with Crippen LogP contribution in [0.15, 0.2) is 29.4 Å². The van der Waals surface area contributed by atoms with Crippen LogP contribution in [-0.4, -0.2) is 38.7 Å². The number of para-hydroxylation sites is 1. The Bertz CT molecular complexity index is 719. The maximum absolute atomic E-state index is 13.8. The minimum Gasteiger partial charge on any atom is -0.507 e. The number of benzene rings is 1. The summed E-state index contributed by atoms with van der Waals surface area (Å²) in [7, 11) is 0. The Morgan fingerprint density at radius 1 is 1.40 bits per heavy atom. The van der Waals surface area contributed by atoms with Gasteiger partial charge in [-0.05, 0) is 37.3 Å². The van der Waals surface area contributed by atoms with E-state index in [-0.39, 0.29) is 28.6 Å². The molecule has 0 aromatic heterocycles. The largest absolute Gasteiger partial charge is 0.507 e. The fraction of sp³-hybridized carbons (Fsp3) is 0.529. The zero-order chi connectivity index (χ0) is 18.4. The average Bonchev–Trinajstić information content (AvgIpc) is 2.88. The van der Waals surface area contributed by atoms with Gasteiger partial charge in [0, 0.05) is 5.71 Å². The van der Waals surface area contributed by atoms with Crippen molar-refractivity contribution in [2.24, 2.45) is 16.9 Å². The van der Waals surface area contributed by atoms with Crippen LogP contribution >= 0.6 is 0 Å². The maximum Gasteiger partial charge on any atom is 0.439 e. The maximum atomic E-state index is 13.8. The number of hydrogen-bond donors (Lipinski definition) is 2. The van der Waals surface area contributed by atoms with Gasteiger partial charge in [0.05, 0.1) is 11.5 Å². The SMILES string of the molecule is CC[C@H]1CCC2=NN(C(=O)c3ccccc3O)[C@](O)(C(F)(F)F)[C@@H]2C1. The van der Waals surface area contributed by atoms with Crippen molar-refractivity contribution >= 4 is 11.6 Å². The van der Waals surface area contributed by atoms with Gasteiger partial charge in [-0.25, -0.2) is 0 Å². The molecule has 1 aliphatic carbocycles. The van der Waals surface area contributed by atoms with Gasteiger partial charge in [0.2, 0.25) is 0 Å². The van der Waals surface area contributed by atoms with Crippen molar-refractivity contribution in [3.63, 3.8) is 0 Å². The first-order chi connectivity index (χ1) is 11.7. The van der Waals surface area contributed by atoms with Crippen LogP contribution in [0, 0.1) is 11.8 Å². The van der Waals surface area contributed by atoms with Crippen LogP contribution in [-0.2, 0) is 0 Å². The number of carbonyl (C=O) groups is 1. The molecule has 5 nitrogen and oxygen atoms in total. The van der Waals surface area contributed by atoms with E-state index in [1.165, 1.54) is 24.3 Å². The summed E-state index contributed by atoms with van der Waals surface area (Å²) in [6.07, 6.45) is -3.26. The zero-order valence-corrected chi connectivity index (χ0v) is 13.6. The van der Waals surface area contributed by atoms with E-state index in [2.05, 4.69) is 5.10 Å². The van der Waals surface area contributed by atoms with E-state index in [4.69, 9.17) is 0 Å². The molecule has 1 fully saturated rings. The summed E-state index contributed by atoms with van der Waals surface area (Å²) in [5.74, 6) is -2.87. The van der Waals surface area contributed by atoms with Crippen LogP contribution in [0.4, 0.5) is 13.2 Å². The lowest BCUT2D eigenvalue weighted by atomic mass is 9.74. The van der Waals surface area contributed by atoms with E-state index in [9.17, 15) is 28.2 Å². The van der Waals surface area contributed by atoms with Crippen molar-refractivity contribution in [2.45, 2.75) is 44.5 Å². The summed E-state index contributed by atoms with van der Waals surface area (Å²) in [5.41, 5.74) is -3.54. The van der Waals surface area contributed by atoms with E-state index in [0.29, 0.717) is 19.3 Å². The van der Waals surface area contributed by atoms with Gasteiger partial charge in [0.15, 0.2) is 0 Å². The lowest BCUT2D eigenvalue weighted by Crippen LogP contribution is -2.61. The smallest absolute Gasteiger partial charge is 0.439 e. The molecule has 1 amide bonds. The fourth-order valence-corrected chi connectivity index (χ4v) is 3.64. The average molecular weight is 356 g/mol. The Hall–Kier alpha value is -2.09. The molecule has 1 aliphatic heterocycles. The van der Waals surface area contributed by atoms with Crippen molar-refractivity contribution in [1.82, 2.24) is 5.01 Å². The quantitative estimate of drug-likeness (QED) is 0.854. The first-order valence-electron chi connectivity index (χ1n) is 8.19. The van der Waals surface area contributed by atoms with E-state index < -0.39 is 29.5 Å². The molecule has 1 aromatic rings. The second kappa shape index (κ2) is 6.01. The molecule has 0 spiro atoms. The molecule has 0 radical (unpaired) electrons. The van der Waals surface area contributed by atoms with Crippen molar-refractivity contribution in [2.75, 3.05) is 0 Å². The predicted octanol–water partition coefficient (Wildman–Crippen LogP) is 3.28. The number of hydrazone groups is 1. The molecule has 1 saturated carbocycles. The Morgan fingerprint density at radius 2 is 2.08 bits per heavy atom. The van der Waals surface area contributed by atoms with Gasteiger partial charge in [-0.15, -0.1) is 0 Å². The summed E-state index contributed by atoms with van der Waals surface area (Å²) in [5, 5.41) is 24.3. The number of nitrogens with zero attached hydrogens (tertiary/aromatic N) is 2. The third-order valence-corrected chi connectivity index (χ3v) is 5.14. The molecule has 1 aromatic carbocycles. The molecule has 2 aliphatic rings. The monoisotopic (exact) mass is 356 g/mol. The van der Waals surface area contributed by atoms with Gasteiger partial charge in [-0.3, -0.25) is 4.79 Å². The number of aliphatic hydroxyl groups is 1. The Labute approximate surface area is 142 Å². The summed E-state index contributed by atoms with van der Waals surface area (Å²) in [6.45, 7) is 1.89. The van der Waals surface area contributed by atoms with Gasteiger partial charge in [0.25, 0.3) is 11.6 Å². The molecule has 0 unspecified atom stereocenters. The molecule has 3 atom stereocenters. The van der Waals surface area contributed by atoms with Crippen LogP contribution in [0.1, 0.15) is 43.0 Å². The van der Waals surface area contributed by atoms with Gasteiger partial charge >= 0.3 is 6.18 Å². The van der Waals surface area contributed by atoms with Gasteiger partial charge in [0.1, 0.15) is 5.75 Å². The highest BCUT2D eigenvalue weighted by molar-refractivity contribution is 6.01. The number of alkyl halides is 3. The third kappa shape index (κ3) is 2.68. The standard InChI is InChI=1S/C17H19F3N2O3/c1-2-10-7-8-13-12(9-10)16(25,17(18,19)20)22(21-13)15(24)11-5-3-4-6-14(11)23/h3-6,10,12,23,25H,2,7-9H2,1H3/t10-,12+,16+/m0/s1. The molecule has 0 saturated heterocycles. The molecule has 3 rings (SSSR count). The summed E-state index contributed by atoms with van der Waals surface area (Å²) < 4.78 is 41.4. The van der Waals surface area contributed by atoms with Crippen LogP contribution in [0.5, 0.6) is 5.75 Å². The van der Waals surface area contributed by atoms with Crippen molar-refractivity contribution in [1.29, 1.82) is 0 Å². The summed E-state index contributed by atoms with van der Waals surface area (Å²) in [4.78, 5) is 12.6. The third-order valence-electron chi connectivity index (χ3n) is 5.14. The molecular weight excluding hydrogens is 337 g/mol. The predicted molar refractivity (Wildman–Crippen MR) is 83.8 cm³/mol. The normalized spacial score (nSPS) is 29.3. The molecule has 8 heteroatoms. The van der Waals surface area contributed by atoms with Crippen molar-refractivity contribution in [3.05, 3.63) is 29.8 Å². The second-order valence-corrected chi connectivity index (χ2v) is 6.55. The number of aromatic hydroxyl groups is 1. The first-order valence-corrected chi connectivity index (χ1v) is 8.19. The molecule has 25 heavy (non-hydrogen) atoms. The highest BCUT2D eigenvalue weighted by Crippen LogP contribution is 2.50. The minimum absolute atomic E-state index is 0.0398. The molecule has 136 valence electrons. The number of halogens is 3. The lowest BCUT2D eigenvalue weighted by Gasteiger charge is -2.39. The first kappa shape index (κ1) is 17.7. The van der Waals surface area contributed by atoms with Gasteiger partial charge in [-0.2, -0.15) is 23.3 Å². The molecule has 1 heterocycles. The van der Waals surface area contributed by atoms with Crippen LogP contribution < -0.4 is 0 Å². The highest BCUT2D eigenvalue weighted by Gasteiger charge is 2.69. The number of carbonyl (C=O) groups excluding carboxylic acids is 1. The number of rotatable bonds is 2. The number of phenolic OH excluding ortho intramolecular Hbond substituents is 1. The van der Waals surface area contributed by atoms with E-state index in [0.717, 1.165) is 0 Å². The number of hydrogen-bond acceptors (Lipinski definition) is 4. The fourth-order valence-electron chi connectivity index (χ4n) is 3.64. The number of fused-ring (bicyclic) bond motifs is 1. The van der Waals surface area contributed by atoms with E-state index in [1.54, 1.807) is 0 Å². The number of amides is 1. The molecular formula is C17H19F3N2O3. The Kier molecular flexibility index (Phi) is 4.26.